The van der Waals surface area contributed by atoms with Crippen molar-refractivity contribution in [3.8, 4) is 0 Å². The topological polar surface area (TPSA) is 119 Å². The van der Waals surface area contributed by atoms with E-state index in [1.165, 1.54) is 12.1 Å². The molecule has 144 valence electrons. The summed E-state index contributed by atoms with van der Waals surface area (Å²) in [7, 11) is 0. The Hall–Kier alpha value is -3.75. The summed E-state index contributed by atoms with van der Waals surface area (Å²) in [5.41, 5.74) is 2.28. The van der Waals surface area contributed by atoms with Crippen LogP contribution < -0.4 is 16.2 Å². The number of hydrogen-bond acceptors (Lipinski definition) is 6. The van der Waals surface area contributed by atoms with Gasteiger partial charge < -0.3 is 15.2 Å². The number of carbonyl (C=O) groups excluding carboxylic acids is 2. The summed E-state index contributed by atoms with van der Waals surface area (Å²) in [6.45, 7) is 5.24. The van der Waals surface area contributed by atoms with Gasteiger partial charge in [-0.05, 0) is 50.1 Å². The van der Waals surface area contributed by atoms with Crippen molar-refractivity contribution in [1.29, 1.82) is 0 Å². The highest BCUT2D eigenvalue weighted by Crippen LogP contribution is 2.14. The number of carbonyl (C=O) groups is 2. The van der Waals surface area contributed by atoms with Gasteiger partial charge in [0.2, 0.25) is 5.91 Å². The summed E-state index contributed by atoms with van der Waals surface area (Å²) in [5.74, 6) is -0.228. The SMILES string of the molecule is Cc1cc(NC(=O)Cn2nc(C(=O)Nc3ccc(C)c(C)c3)ccc2=O)no1. The van der Waals surface area contributed by atoms with Crippen LogP contribution in [0.4, 0.5) is 11.5 Å². The fourth-order valence-electron chi connectivity index (χ4n) is 2.44. The molecule has 0 unspecified atom stereocenters. The minimum atomic E-state index is -0.519. The van der Waals surface area contributed by atoms with Crippen molar-refractivity contribution in [3.63, 3.8) is 0 Å². The average molecular weight is 381 g/mol. The van der Waals surface area contributed by atoms with E-state index in [-0.39, 0.29) is 18.1 Å². The second kappa shape index (κ2) is 7.87. The highest BCUT2D eigenvalue weighted by molar-refractivity contribution is 6.02. The molecule has 3 rings (SSSR count). The van der Waals surface area contributed by atoms with Crippen LogP contribution >= 0.6 is 0 Å². The van der Waals surface area contributed by atoms with E-state index in [4.69, 9.17) is 4.52 Å². The summed E-state index contributed by atoms with van der Waals surface area (Å²) in [6, 6.07) is 9.57. The van der Waals surface area contributed by atoms with Gasteiger partial charge in [-0.25, -0.2) is 4.68 Å². The van der Waals surface area contributed by atoms with E-state index in [0.29, 0.717) is 11.4 Å². The first-order chi connectivity index (χ1) is 13.3. The first kappa shape index (κ1) is 19.0. The lowest BCUT2D eigenvalue weighted by atomic mass is 10.1. The van der Waals surface area contributed by atoms with E-state index in [9.17, 15) is 14.4 Å². The van der Waals surface area contributed by atoms with Crippen molar-refractivity contribution in [2.75, 3.05) is 10.6 Å². The molecule has 2 heterocycles. The third kappa shape index (κ3) is 4.50. The van der Waals surface area contributed by atoms with Crippen LogP contribution in [0.3, 0.4) is 0 Å². The Balaban J connectivity index is 1.72. The minimum absolute atomic E-state index is 0.0166. The molecule has 0 bridgehead atoms. The van der Waals surface area contributed by atoms with Gasteiger partial charge in [-0.1, -0.05) is 11.2 Å². The molecule has 2 N–H and O–H groups in total. The van der Waals surface area contributed by atoms with E-state index in [1.807, 2.05) is 26.0 Å². The Bertz CT molecular complexity index is 1100. The second-order valence-electron chi connectivity index (χ2n) is 6.34. The Labute approximate surface area is 160 Å². The fourth-order valence-corrected chi connectivity index (χ4v) is 2.44. The number of rotatable bonds is 5. The van der Waals surface area contributed by atoms with Crippen molar-refractivity contribution >= 4 is 23.3 Å². The predicted octanol–water partition coefficient (Wildman–Crippen LogP) is 2.05. The number of nitrogens with zero attached hydrogens (tertiary/aromatic N) is 3. The van der Waals surface area contributed by atoms with Crippen molar-refractivity contribution in [1.82, 2.24) is 14.9 Å². The smallest absolute Gasteiger partial charge is 0.276 e. The fraction of sp³-hybridized carbons (Fsp3) is 0.211. The number of aromatic nitrogens is 3. The molecule has 0 spiro atoms. The number of benzene rings is 1. The molecule has 9 nitrogen and oxygen atoms in total. The van der Waals surface area contributed by atoms with E-state index < -0.39 is 17.4 Å². The van der Waals surface area contributed by atoms with Crippen LogP contribution in [0, 0.1) is 20.8 Å². The molecule has 28 heavy (non-hydrogen) atoms. The largest absolute Gasteiger partial charge is 0.360 e. The number of anilines is 2. The summed E-state index contributed by atoms with van der Waals surface area (Å²) in [4.78, 5) is 36.5. The molecule has 3 aromatic rings. The lowest BCUT2D eigenvalue weighted by molar-refractivity contribution is -0.117. The molecule has 9 heteroatoms. The third-order valence-corrected chi connectivity index (χ3v) is 4.05. The van der Waals surface area contributed by atoms with Crippen LogP contribution in [-0.2, 0) is 11.3 Å². The van der Waals surface area contributed by atoms with Gasteiger partial charge in [-0.3, -0.25) is 14.4 Å². The van der Waals surface area contributed by atoms with Gasteiger partial charge in [0.25, 0.3) is 11.5 Å². The quantitative estimate of drug-likeness (QED) is 0.698. The predicted molar refractivity (Wildman–Crippen MR) is 102 cm³/mol. The maximum Gasteiger partial charge on any atom is 0.276 e. The normalized spacial score (nSPS) is 10.5. The Morgan fingerprint density at radius 1 is 1.04 bits per heavy atom. The summed E-state index contributed by atoms with van der Waals surface area (Å²) in [6.07, 6.45) is 0. The Morgan fingerprint density at radius 2 is 1.82 bits per heavy atom. The molecule has 2 amide bonds. The molecule has 0 aliphatic carbocycles. The molecule has 2 aromatic heterocycles. The Morgan fingerprint density at radius 3 is 2.50 bits per heavy atom. The maximum atomic E-state index is 12.4. The molecular weight excluding hydrogens is 362 g/mol. The number of nitrogens with one attached hydrogen (secondary N) is 2. The van der Waals surface area contributed by atoms with Crippen molar-refractivity contribution in [3.05, 3.63) is 69.3 Å². The van der Waals surface area contributed by atoms with E-state index in [2.05, 4.69) is 20.9 Å². The average Bonchev–Trinajstić information content (AvgIpc) is 3.04. The zero-order chi connectivity index (χ0) is 20.3. The van der Waals surface area contributed by atoms with Gasteiger partial charge in [0.1, 0.15) is 18.0 Å². The lowest BCUT2D eigenvalue weighted by Gasteiger charge is -2.09. The second-order valence-corrected chi connectivity index (χ2v) is 6.34. The van der Waals surface area contributed by atoms with Gasteiger partial charge >= 0.3 is 0 Å². The monoisotopic (exact) mass is 381 g/mol. The van der Waals surface area contributed by atoms with Crippen LogP contribution in [0.5, 0.6) is 0 Å². The lowest BCUT2D eigenvalue weighted by Crippen LogP contribution is -2.31. The van der Waals surface area contributed by atoms with Gasteiger partial charge in [0.05, 0.1) is 0 Å². The standard InChI is InChI=1S/C19H19N5O4/c1-11-4-5-14(8-12(11)2)20-19(27)15-6-7-18(26)24(22-15)10-17(25)21-16-9-13(3)28-23-16/h4-9H,10H2,1-3H3,(H,20,27)(H,21,23,25). The van der Waals surface area contributed by atoms with E-state index >= 15 is 0 Å². The van der Waals surface area contributed by atoms with Crippen LogP contribution in [0.25, 0.3) is 0 Å². The molecule has 0 atom stereocenters. The molecular formula is C19H19N5O4. The van der Waals surface area contributed by atoms with Crippen LogP contribution in [-0.4, -0.2) is 26.8 Å². The molecule has 0 aliphatic heterocycles. The summed E-state index contributed by atoms with van der Waals surface area (Å²) < 4.78 is 5.77. The molecule has 0 aliphatic rings. The molecule has 0 saturated heterocycles. The number of amides is 2. The van der Waals surface area contributed by atoms with Crippen LogP contribution in [0.15, 0.2) is 45.7 Å². The van der Waals surface area contributed by atoms with Crippen LogP contribution in [0.1, 0.15) is 27.4 Å². The van der Waals surface area contributed by atoms with Gasteiger partial charge in [0, 0.05) is 17.8 Å². The van der Waals surface area contributed by atoms with Crippen molar-refractivity contribution < 1.29 is 14.1 Å². The minimum Gasteiger partial charge on any atom is -0.360 e. The maximum absolute atomic E-state index is 12.4. The molecule has 1 aromatic carbocycles. The summed E-state index contributed by atoms with van der Waals surface area (Å²) in [5, 5.41) is 12.9. The zero-order valence-electron chi connectivity index (χ0n) is 15.6. The summed E-state index contributed by atoms with van der Waals surface area (Å²) >= 11 is 0. The van der Waals surface area contributed by atoms with Crippen molar-refractivity contribution in [2.45, 2.75) is 27.3 Å². The van der Waals surface area contributed by atoms with Gasteiger partial charge in [-0.2, -0.15) is 5.10 Å². The van der Waals surface area contributed by atoms with E-state index in [1.54, 1.807) is 19.1 Å². The number of hydrogen-bond donors (Lipinski definition) is 2. The third-order valence-electron chi connectivity index (χ3n) is 4.05. The zero-order valence-corrected chi connectivity index (χ0v) is 15.6. The Kier molecular flexibility index (Phi) is 5.35. The first-order valence-corrected chi connectivity index (χ1v) is 8.52. The van der Waals surface area contributed by atoms with Crippen LogP contribution in [0.2, 0.25) is 0 Å². The van der Waals surface area contributed by atoms with Gasteiger partial charge in [-0.15, -0.1) is 0 Å². The molecule has 0 fully saturated rings. The van der Waals surface area contributed by atoms with Crippen molar-refractivity contribution in [2.24, 2.45) is 0 Å². The highest BCUT2D eigenvalue weighted by Gasteiger charge is 2.13. The highest BCUT2D eigenvalue weighted by atomic mass is 16.5. The number of aryl methyl sites for hydroxylation is 3. The van der Waals surface area contributed by atoms with E-state index in [0.717, 1.165) is 15.8 Å². The molecule has 0 saturated carbocycles. The first-order valence-electron chi connectivity index (χ1n) is 8.52. The molecule has 0 radical (unpaired) electrons. The van der Waals surface area contributed by atoms with Gasteiger partial charge in [0.15, 0.2) is 5.82 Å².